The third-order valence-electron chi connectivity index (χ3n) is 3.10. The van der Waals surface area contributed by atoms with Crippen LogP contribution in [0.5, 0.6) is 0 Å². The van der Waals surface area contributed by atoms with Crippen molar-refractivity contribution in [3.8, 4) is 0 Å². The SMILES string of the molecule is CC(N)=N/C(=C\C(C)c1ccccc1)c1ccccc1. The lowest BCUT2D eigenvalue weighted by Crippen LogP contribution is -2.05. The fourth-order valence-electron chi connectivity index (χ4n) is 2.09. The standard InChI is InChI=1S/C18H20N2/c1-14(16-9-5-3-6-10-16)13-18(20-15(2)19)17-11-7-4-8-12-17/h3-14H,1-2H3,(H2,19,20)/b18-13-. The Morgan fingerprint density at radius 2 is 1.55 bits per heavy atom. The van der Waals surface area contributed by atoms with E-state index in [9.17, 15) is 0 Å². The van der Waals surface area contributed by atoms with Gasteiger partial charge in [0.05, 0.1) is 11.5 Å². The number of nitrogens with two attached hydrogens (primary N) is 1. The summed E-state index contributed by atoms with van der Waals surface area (Å²) in [5.41, 5.74) is 9.03. The average Bonchev–Trinajstić information content (AvgIpc) is 2.48. The van der Waals surface area contributed by atoms with Gasteiger partial charge in [-0.15, -0.1) is 0 Å². The molecule has 0 fully saturated rings. The van der Waals surface area contributed by atoms with Crippen molar-refractivity contribution >= 4 is 11.5 Å². The normalized spacial score (nSPS) is 14.1. The van der Waals surface area contributed by atoms with Gasteiger partial charge in [0.15, 0.2) is 0 Å². The molecule has 0 aliphatic carbocycles. The van der Waals surface area contributed by atoms with Gasteiger partial charge in [-0.3, -0.25) is 0 Å². The molecule has 0 saturated carbocycles. The molecule has 0 aromatic heterocycles. The lowest BCUT2D eigenvalue weighted by atomic mass is 9.98. The van der Waals surface area contributed by atoms with E-state index in [4.69, 9.17) is 5.73 Å². The van der Waals surface area contributed by atoms with Crippen molar-refractivity contribution < 1.29 is 0 Å². The Balaban J connectivity index is 2.37. The first-order valence-electron chi connectivity index (χ1n) is 6.80. The van der Waals surface area contributed by atoms with Crippen LogP contribution in [0.3, 0.4) is 0 Å². The zero-order valence-corrected chi connectivity index (χ0v) is 12.0. The van der Waals surface area contributed by atoms with Crippen LogP contribution in [0.25, 0.3) is 5.70 Å². The van der Waals surface area contributed by atoms with Crippen LogP contribution in [0.1, 0.15) is 30.9 Å². The Bertz CT molecular complexity index is 594. The summed E-state index contributed by atoms with van der Waals surface area (Å²) in [6.45, 7) is 3.98. The number of rotatable bonds is 4. The summed E-state index contributed by atoms with van der Waals surface area (Å²) < 4.78 is 0. The van der Waals surface area contributed by atoms with Gasteiger partial charge in [0.2, 0.25) is 0 Å². The molecule has 0 saturated heterocycles. The van der Waals surface area contributed by atoms with Crippen LogP contribution in [0, 0.1) is 0 Å². The summed E-state index contributed by atoms with van der Waals surface area (Å²) in [6, 6.07) is 20.5. The quantitative estimate of drug-likeness (QED) is 0.652. The molecule has 0 bridgehead atoms. The highest BCUT2D eigenvalue weighted by atomic mass is 14.9. The lowest BCUT2D eigenvalue weighted by molar-refractivity contribution is 0.967. The summed E-state index contributed by atoms with van der Waals surface area (Å²) in [6.07, 6.45) is 2.15. The molecule has 20 heavy (non-hydrogen) atoms. The molecule has 0 aliphatic heterocycles. The van der Waals surface area contributed by atoms with Gasteiger partial charge in [-0.1, -0.05) is 73.7 Å². The second-order valence-corrected chi connectivity index (χ2v) is 4.87. The van der Waals surface area contributed by atoms with E-state index in [1.54, 1.807) is 0 Å². The van der Waals surface area contributed by atoms with E-state index in [1.807, 2.05) is 31.2 Å². The molecule has 0 aliphatic rings. The number of nitrogens with zero attached hydrogens (tertiary/aromatic N) is 1. The number of amidine groups is 1. The van der Waals surface area contributed by atoms with Gasteiger partial charge in [0.25, 0.3) is 0 Å². The summed E-state index contributed by atoms with van der Waals surface area (Å²) in [4.78, 5) is 4.47. The summed E-state index contributed by atoms with van der Waals surface area (Å²) in [5.74, 6) is 0.856. The largest absolute Gasteiger partial charge is 0.387 e. The topological polar surface area (TPSA) is 38.4 Å². The molecule has 2 aromatic carbocycles. The van der Waals surface area contributed by atoms with Crippen LogP contribution in [0.4, 0.5) is 0 Å². The summed E-state index contributed by atoms with van der Waals surface area (Å²) in [7, 11) is 0. The number of benzene rings is 2. The number of allylic oxidation sites excluding steroid dienone is 1. The summed E-state index contributed by atoms with van der Waals surface area (Å²) in [5, 5.41) is 0. The molecule has 1 atom stereocenters. The minimum Gasteiger partial charge on any atom is -0.387 e. The molecule has 0 radical (unpaired) electrons. The molecular formula is C18H20N2. The first-order valence-corrected chi connectivity index (χ1v) is 6.80. The predicted octanol–water partition coefficient (Wildman–Crippen LogP) is 4.21. The van der Waals surface area contributed by atoms with Crippen LogP contribution in [0.15, 0.2) is 71.7 Å². The van der Waals surface area contributed by atoms with Crippen molar-refractivity contribution in [3.63, 3.8) is 0 Å². The molecule has 1 unspecified atom stereocenters. The van der Waals surface area contributed by atoms with Crippen molar-refractivity contribution in [2.24, 2.45) is 10.7 Å². The predicted molar refractivity (Wildman–Crippen MR) is 86.6 cm³/mol. The molecule has 2 nitrogen and oxygen atoms in total. The van der Waals surface area contributed by atoms with Crippen molar-refractivity contribution in [2.45, 2.75) is 19.8 Å². The van der Waals surface area contributed by atoms with Gasteiger partial charge in [-0.05, 0) is 18.1 Å². The highest BCUT2D eigenvalue weighted by Gasteiger charge is 2.06. The van der Waals surface area contributed by atoms with Crippen molar-refractivity contribution in [3.05, 3.63) is 77.9 Å². The van der Waals surface area contributed by atoms with Gasteiger partial charge in [0, 0.05) is 5.92 Å². The van der Waals surface area contributed by atoms with Crippen molar-refractivity contribution in [1.82, 2.24) is 0 Å². The van der Waals surface area contributed by atoms with Gasteiger partial charge in [-0.2, -0.15) is 0 Å². The fourth-order valence-corrected chi connectivity index (χ4v) is 2.09. The molecular weight excluding hydrogens is 244 g/mol. The van der Waals surface area contributed by atoms with E-state index in [0.29, 0.717) is 5.84 Å². The maximum Gasteiger partial charge on any atom is 0.0965 e. The Labute approximate surface area is 120 Å². The van der Waals surface area contributed by atoms with Crippen LogP contribution < -0.4 is 5.73 Å². The van der Waals surface area contributed by atoms with Crippen molar-refractivity contribution in [2.75, 3.05) is 0 Å². The lowest BCUT2D eigenvalue weighted by Gasteiger charge is -2.10. The zero-order chi connectivity index (χ0) is 14.4. The van der Waals surface area contributed by atoms with Gasteiger partial charge < -0.3 is 5.73 Å². The van der Waals surface area contributed by atoms with Crippen LogP contribution >= 0.6 is 0 Å². The molecule has 2 rings (SSSR count). The third-order valence-corrected chi connectivity index (χ3v) is 3.10. The van der Waals surface area contributed by atoms with Gasteiger partial charge >= 0.3 is 0 Å². The summed E-state index contributed by atoms with van der Waals surface area (Å²) >= 11 is 0. The van der Waals surface area contributed by atoms with E-state index in [-0.39, 0.29) is 5.92 Å². The monoisotopic (exact) mass is 264 g/mol. The Morgan fingerprint density at radius 3 is 2.10 bits per heavy atom. The second kappa shape index (κ2) is 6.71. The first-order chi connectivity index (χ1) is 9.66. The molecule has 0 heterocycles. The second-order valence-electron chi connectivity index (χ2n) is 4.87. The molecule has 2 aromatic rings. The van der Waals surface area contributed by atoms with E-state index in [0.717, 1.165) is 11.3 Å². The number of hydrogen-bond donors (Lipinski definition) is 1. The number of hydrogen-bond acceptors (Lipinski definition) is 1. The van der Waals surface area contributed by atoms with E-state index in [1.165, 1.54) is 5.56 Å². The van der Waals surface area contributed by atoms with Gasteiger partial charge in [-0.25, -0.2) is 4.99 Å². The van der Waals surface area contributed by atoms with Crippen LogP contribution in [0.2, 0.25) is 0 Å². The molecule has 2 heteroatoms. The maximum atomic E-state index is 5.75. The maximum absolute atomic E-state index is 5.75. The number of aliphatic imine (C=N–C) groups is 1. The Hall–Kier alpha value is -2.35. The highest BCUT2D eigenvalue weighted by molar-refractivity contribution is 5.85. The molecule has 102 valence electrons. The van der Waals surface area contributed by atoms with Crippen LogP contribution in [-0.4, -0.2) is 5.84 Å². The average molecular weight is 264 g/mol. The van der Waals surface area contributed by atoms with Crippen LogP contribution in [-0.2, 0) is 0 Å². The van der Waals surface area contributed by atoms with E-state index < -0.39 is 0 Å². The smallest absolute Gasteiger partial charge is 0.0965 e. The van der Waals surface area contributed by atoms with Crippen molar-refractivity contribution in [1.29, 1.82) is 0 Å². The first kappa shape index (κ1) is 14.1. The van der Waals surface area contributed by atoms with E-state index in [2.05, 4.69) is 54.4 Å². The zero-order valence-electron chi connectivity index (χ0n) is 12.0. The fraction of sp³-hybridized carbons (Fsp3) is 0.167. The Kier molecular flexibility index (Phi) is 4.72. The molecule has 0 spiro atoms. The van der Waals surface area contributed by atoms with E-state index >= 15 is 0 Å². The molecule has 0 amide bonds. The highest BCUT2D eigenvalue weighted by Crippen LogP contribution is 2.23. The van der Waals surface area contributed by atoms with Gasteiger partial charge in [0.1, 0.15) is 0 Å². The Morgan fingerprint density at radius 1 is 1.00 bits per heavy atom. The minimum atomic E-state index is 0.287. The minimum absolute atomic E-state index is 0.287. The third kappa shape index (κ3) is 3.82. The molecule has 2 N–H and O–H groups in total.